The zero-order chi connectivity index (χ0) is 11.5. The molecule has 1 atom stereocenters. The highest BCUT2D eigenvalue weighted by Crippen LogP contribution is 2.40. The van der Waals surface area contributed by atoms with Crippen LogP contribution in [0.5, 0.6) is 0 Å². The van der Waals surface area contributed by atoms with Gasteiger partial charge in [0.05, 0.1) is 13.0 Å². The van der Waals surface area contributed by atoms with Crippen LogP contribution in [0.3, 0.4) is 0 Å². The maximum absolute atomic E-state index is 11.7. The molecule has 0 heterocycles. The summed E-state index contributed by atoms with van der Waals surface area (Å²) in [7, 11) is 1.41. The van der Waals surface area contributed by atoms with E-state index in [0.717, 1.165) is 4.48 Å². The second-order valence-electron chi connectivity index (χ2n) is 3.39. The van der Waals surface area contributed by atoms with Crippen molar-refractivity contribution < 1.29 is 9.53 Å². The van der Waals surface area contributed by atoms with E-state index in [1.807, 2.05) is 18.2 Å². The molecule has 0 saturated carbocycles. The Hall–Kier alpha value is 0.390. The molecule has 5 heteroatoms. The third-order valence-corrected chi connectivity index (χ3v) is 5.09. The van der Waals surface area contributed by atoms with E-state index in [1.165, 1.54) is 7.11 Å². The largest absolute Gasteiger partial charge is 0.469 e. The quantitative estimate of drug-likeness (QED) is 0.534. The van der Waals surface area contributed by atoms with Gasteiger partial charge in [0.2, 0.25) is 0 Å². The lowest BCUT2D eigenvalue weighted by atomic mass is 9.76. The molecule has 1 aliphatic carbocycles. The first kappa shape index (κ1) is 13.5. The first-order chi connectivity index (χ1) is 7.09. The van der Waals surface area contributed by atoms with Crippen LogP contribution in [0.15, 0.2) is 22.7 Å². The van der Waals surface area contributed by atoms with Gasteiger partial charge in [-0.25, -0.2) is 0 Å². The molecule has 84 valence electrons. The van der Waals surface area contributed by atoms with Crippen molar-refractivity contribution in [1.29, 1.82) is 0 Å². The lowest BCUT2D eigenvalue weighted by Crippen LogP contribution is -2.38. The number of carbonyl (C=O) groups excluding carboxylic acids is 1. The van der Waals surface area contributed by atoms with Gasteiger partial charge in [-0.05, 0) is 0 Å². The number of hydrogen-bond acceptors (Lipinski definition) is 2. The Morgan fingerprint density at radius 1 is 1.53 bits per heavy atom. The van der Waals surface area contributed by atoms with Crippen LogP contribution in [0, 0.1) is 11.3 Å². The van der Waals surface area contributed by atoms with Gasteiger partial charge in [-0.2, -0.15) is 0 Å². The molecule has 0 radical (unpaired) electrons. The van der Waals surface area contributed by atoms with E-state index in [9.17, 15) is 4.79 Å². The summed E-state index contributed by atoms with van der Waals surface area (Å²) in [5.74, 6) is -0.476. The molecule has 0 spiro atoms. The molecule has 1 unspecified atom stereocenters. The highest BCUT2D eigenvalue weighted by molar-refractivity contribution is 9.12. The second-order valence-corrected chi connectivity index (χ2v) is 5.42. The van der Waals surface area contributed by atoms with Crippen LogP contribution in [0.4, 0.5) is 0 Å². The fourth-order valence-corrected chi connectivity index (χ4v) is 3.85. The van der Waals surface area contributed by atoms with Crippen LogP contribution >= 0.6 is 47.8 Å². The van der Waals surface area contributed by atoms with Crippen molar-refractivity contribution in [3.05, 3.63) is 22.7 Å². The fourth-order valence-electron chi connectivity index (χ4n) is 1.45. The van der Waals surface area contributed by atoms with Crippen LogP contribution in [0.2, 0.25) is 0 Å². The molecule has 0 aromatic heterocycles. The summed E-state index contributed by atoms with van der Waals surface area (Å²) in [4.78, 5) is 11.7. The van der Waals surface area contributed by atoms with Crippen molar-refractivity contribution in [3.8, 4) is 0 Å². The summed E-state index contributed by atoms with van der Waals surface area (Å²) in [6.45, 7) is 0. The average Bonchev–Trinajstić information content (AvgIpc) is 2.28. The zero-order valence-corrected chi connectivity index (χ0v) is 12.9. The standard InChI is InChI=1S/C10H11Br3O2/c1-15-9(14)8-4-7(13)2-3-10(8,5-11)6-12/h2-4,8H,5-6H2,1H3. The topological polar surface area (TPSA) is 26.3 Å². The maximum Gasteiger partial charge on any atom is 0.313 e. The third kappa shape index (κ3) is 2.74. The normalized spacial score (nSPS) is 23.5. The molecule has 0 amide bonds. The van der Waals surface area contributed by atoms with E-state index < -0.39 is 0 Å². The Balaban J connectivity index is 3.06. The minimum Gasteiger partial charge on any atom is -0.469 e. The molecule has 1 rings (SSSR count). The molecule has 0 fully saturated rings. The summed E-state index contributed by atoms with van der Waals surface area (Å²) in [6.07, 6.45) is 5.87. The molecular formula is C10H11Br3O2. The molecule has 0 aromatic rings. The van der Waals surface area contributed by atoms with Gasteiger partial charge in [-0.3, -0.25) is 4.79 Å². The number of esters is 1. The van der Waals surface area contributed by atoms with Crippen LogP contribution in [-0.4, -0.2) is 23.7 Å². The minimum absolute atomic E-state index is 0.213. The summed E-state index contributed by atoms with van der Waals surface area (Å²) >= 11 is 10.3. The molecule has 0 aliphatic heterocycles. The van der Waals surface area contributed by atoms with E-state index in [4.69, 9.17) is 4.74 Å². The number of methoxy groups -OCH3 is 1. The summed E-state index contributed by atoms with van der Waals surface area (Å²) in [5.41, 5.74) is -0.246. The van der Waals surface area contributed by atoms with Gasteiger partial charge in [0.15, 0.2) is 0 Å². The van der Waals surface area contributed by atoms with E-state index >= 15 is 0 Å². The van der Waals surface area contributed by atoms with E-state index in [2.05, 4.69) is 47.8 Å². The number of allylic oxidation sites excluding steroid dienone is 3. The average molecular weight is 403 g/mol. The SMILES string of the molecule is COC(=O)C1C=C(Br)C=CC1(CBr)CBr. The Morgan fingerprint density at radius 3 is 2.60 bits per heavy atom. The summed E-state index contributed by atoms with van der Waals surface area (Å²) in [5, 5.41) is 1.41. The molecule has 15 heavy (non-hydrogen) atoms. The van der Waals surface area contributed by atoms with Crippen molar-refractivity contribution in [1.82, 2.24) is 0 Å². The predicted octanol–water partition coefficient (Wildman–Crippen LogP) is 3.40. The van der Waals surface area contributed by atoms with Gasteiger partial charge in [-0.15, -0.1) is 0 Å². The van der Waals surface area contributed by atoms with E-state index in [0.29, 0.717) is 10.7 Å². The Kier molecular flexibility index (Phi) is 5.06. The Morgan fingerprint density at radius 2 is 2.13 bits per heavy atom. The lowest BCUT2D eigenvalue weighted by molar-refractivity contribution is -0.146. The molecular weight excluding hydrogens is 392 g/mol. The highest BCUT2D eigenvalue weighted by atomic mass is 79.9. The third-order valence-electron chi connectivity index (χ3n) is 2.47. The number of carbonyl (C=O) groups is 1. The molecule has 0 N–H and O–H groups in total. The van der Waals surface area contributed by atoms with Crippen LogP contribution in [0.25, 0.3) is 0 Å². The van der Waals surface area contributed by atoms with Crippen LogP contribution < -0.4 is 0 Å². The fraction of sp³-hybridized carbons (Fsp3) is 0.500. The number of rotatable bonds is 3. The van der Waals surface area contributed by atoms with Gasteiger partial charge >= 0.3 is 5.97 Å². The number of alkyl halides is 2. The smallest absolute Gasteiger partial charge is 0.313 e. The number of ether oxygens (including phenoxy) is 1. The van der Waals surface area contributed by atoms with Crippen molar-refractivity contribution in [2.45, 2.75) is 0 Å². The predicted molar refractivity (Wildman–Crippen MR) is 71.7 cm³/mol. The van der Waals surface area contributed by atoms with Crippen LogP contribution in [-0.2, 0) is 9.53 Å². The van der Waals surface area contributed by atoms with Gasteiger partial charge < -0.3 is 4.74 Å². The minimum atomic E-state index is -0.263. The van der Waals surface area contributed by atoms with E-state index in [1.54, 1.807) is 0 Å². The summed E-state index contributed by atoms with van der Waals surface area (Å²) < 4.78 is 5.73. The van der Waals surface area contributed by atoms with Crippen molar-refractivity contribution in [3.63, 3.8) is 0 Å². The molecule has 0 bridgehead atoms. The number of hydrogen-bond donors (Lipinski definition) is 0. The van der Waals surface area contributed by atoms with Gasteiger partial charge in [-0.1, -0.05) is 66.0 Å². The van der Waals surface area contributed by atoms with Crippen molar-refractivity contribution >= 4 is 53.8 Å². The maximum atomic E-state index is 11.7. The van der Waals surface area contributed by atoms with Crippen LogP contribution in [0.1, 0.15) is 0 Å². The zero-order valence-electron chi connectivity index (χ0n) is 8.17. The van der Waals surface area contributed by atoms with Crippen molar-refractivity contribution in [2.75, 3.05) is 17.8 Å². The van der Waals surface area contributed by atoms with E-state index in [-0.39, 0.29) is 17.3 Å². The first-order valence-corrected chi connectivity index (χ1v) is 7.39. The molecule has 1 aliphatic rings. The first-order valence-electron chi connectivity index (χ1n) is 4.36. The van der Waals surface area contributed by atoms with Crippen molar-refractivity contribution in [2.24, 2.45) is 11.3 Å². The molecule has 0 aromatic carbocycles. The second kappa shape index (κ2) is 5.64. The molecule has 2 nitrogen and oxygen atoms in total. The monoisotopic (exact) mass is 400 g/mol. The molecule has 0 saturated heterocycles. The highest BCUT2D eigenvalue weighted by Gasteiger charge is 2.40. The van der Waals surface area contributed by atoms with Gasteiger partial charge in [0.25, 0.3) is 0 Å². The number of halogens is 3. The van der Waals surface area contributed by atoms with Gasteiger partial charge in [0.1, 0.15) is 0 Å². The Labute approximate surface area is 115 Å². The van der Waals surface area contributed by atoms with Gasteiger partial charge in [0, 0.05) is 20.6 Å². The summed E-state index contributed by atoms with van der Waals surface area (Å²) in [6, 6.07) is 0. The lowest BCUT2D eigenvalue weighted by Gasteiger charge is -2.34. The Bertz CT molecular complexity index is 306.